The third-order valence-corrected chi connectivity index (χ3v) is 3.99. The van der Waals surface area contributed by atoms with Gasteiger partial charge in [-0.2, -0.15) is 0 Å². The van der Waals surface area contributed by atoms with Gasteiger partial charge < -0.3 is 5.32 Å². The molecular formula is C16H14N2OS. The molecule has 20 heavy (non-hydrogen) atoms. The highest BCUT2D eigenvalue weighted by atomic mass is 32.2. The van der Waals surface area contributed by atoms with E-state index in [-0.39, 0.29) is 11.8 Å². The molecule has 3 rings (SSSR count). The molecule has 0 aromatic heterocycles. The lowest BCUT2D eigenvalue weighted by atomic mass is 10.0. The monoisotopic (exact) mass is 282 g/mol. The lowest BCUT2D eigenvalue weighted by molar-refractivity contribution is -0.115. The Hall–Kier alpha value is -2.07. The molecule has 1 atom stereocenters. The van der Waals surface area contributed by atoms with Gasteiger partial charge in [0.05, 0.1) is 5.69 Å². The van der Waals surface area contributed by atoms with Crippen LogP contribution in [0, 0.1) is 0 Å². The molecule has 0 bridgehead atoms. The molecule has 1 N–H and O–H groups in total. The van der Waals surface area contributed by atoms with Crippen LogP contribution in [0.15, 0.2) is 58.4 Å². The van der Waals surface area contributed by atoms with Crippen LogP contribution >= 0.6 is 11.8 Å². The summed E-state index contributed by atoms with van der Waals surface area (Å²) in [5.41, 5.74) is 2.74. The van der Waals surface area contributed by atoms with E-state index in [4.69, 9.17) is 0 Å². The van der Waals surface area contributed by atoms with Crippen molar-refractivity contribution in [1.29, 1.82) is 0 Å². The molecule has 2 aromatic carbocycles. The first kappa shape index (κ1) is 12.9. The van der Waals surface area contributed by atoms with Crippen LogP contribution in [0.3, 0.4) is 0 Å². The minimum Gasteiger partial charge on any atom is -0.325 e. The predicted molar refractivity (Wildman–Crippen MR) is 84.2 cm³/mol. The molecule has 1 unspecified atom stereocenters. The maximum atomic E-state index is 12.0. The number of benzene rings is 2. The SMILES string of the molecule is CSc1cccc(N=CC2C(=O)Nc3ccccc32)c1. The zero-order chi connectivity index (χ0) is 13.9. The predicted octanol–water partition coefficient (Wildman–Crippen LogP) is 3.85. The zero-order valence-corrected chi connectivity index (χ0v) is 11.9. The first-order valence-corrected chi connectivity index (χ1v) is 7.58. The molecule has 0 radical (unpaired) electrons. The highest BCUT2D eigenvalue weighted by molar-refractivity contribution is 7.98. The molecule has 2 aromatic rings. The van der Waals surface area contributed by atoms with E-state index >= 15 is 0 Å². The highest BCUT2D eigenvalue weighted by Crippen LogP contribution is 2.31. The van der Waals surface area contributed by atoms with E-state index in [1.807, 2.05) is 54.8 Å². The summed E-state index contributed by atoms with van der Waals surface area (Å²) in [5, 5.41) is 2.87. The maximum absolute atomic E-state index is 12.0. The molecule has 1 aliphatic heterocycles. The number of carbonyl (C=O) groups excluding carboxylic acids is 1. The van der Waals surface area contributed by atoms with Crippen molar-refractivity contribution in [2.45, 2.75) is 10.8 Å². The quantitative estimate of drug-likeness (QED) is 0.686. The topological polar surface area (TPSA) is 41.5 Å². The van der Waals surface area contributed by atoms with Crippen LogP contribution in [0.25, 0.3) is 0 Å². The number of hydrogen-bond donors (Lipinski definition) is 1. The third-order valence-electron chi connectivity index (χ3n) is 3.26. The number of thioether (sulfide) groups is 1. The summed E-state index contributed by atoms with van der Waals surface area (Å²) in [7, 11) is 0. The number of aliphatic imine (C=N–C) groups is 1. The molecule has 0 aliphatic carbocycles. The number of fused-ring (bicyclic) bond motifs is 1. The van der Waals surface area contributed by atoms with Gasteiger partial charge in [-0.15, -0.1) is 11.8 Å². The van der Waals surface area contributed by atoms with Gasteiger partial charge >= 0.3 is 0 Å². The first-order chi connectivity index (χ1) is 9.78. The number of para-hydroxylation sites is 1. The van der Waals surface area contributed by atoms with Gasteiger partial charge in [0.1, 0.15) is 5.92 Å². The van der Waals surface area contributed by atoms with Crippen LogP contribution < -0.4 is 5.32 Å². The zero-order valence-electron chi connectivity index (χ0n) is 11.0. The summed E-state index contributed by atoms with van der Waals surface area (Å²) in [5.74, 6) is -0.319. The average molecular weight is 282 g/mol. The molecule has 0 spiro atoms. The number of nitrogens with zero attached hydrogens (tertiary/aromatic N) is 1. The lowest BCUT2D eigenvalue weighted by Gasteiger charge is -2.02. The van der Waals surface area contributed by atoms with Gasteiger partial charge in [0.25, 0.3) is 0 Å². The minimum atomic E-state index is -0.302. The molecule has 1 amide bonds. The molecule has 1 aliphatic rings. The third kappa shape index (κ3) is 2.47. The van der Waals surface area contributed by atoms with Crippen molar-refractivity contribution in [2.75, 3.05) is 11.6 Å². The van der Waals surface area contributed by atoms with Crippen molar-refractivity contribution < 1.29 is 4.79 Å². The van der Waals surface area contributed by atoms with Gasteiger partial charge in [-0.1, -0.05) is 24.3 Å². The fraction of sp³-hybridized carbons (Fsp3) is 0.125. The van der Waals surface area contributed by atoms with E-state index in [2.05, 4.69) is 10.3 Å². The Morgan fingerprint density at radius 1 is 1.20 bits per heavy atom. The molecule has 0 saturated carbocycles. The van der Waals surface area contributed by atoms with Crippen LogP contribution in [0.4, 0.5) is 11.4 Å². The number of carbonyl (C=O) groups is 1. The van der Waals surface area contributed by atoms with Crippen molar-refractivity contribution in [3.8, 4) is 0 Å². The van der Waals surface area contributed by atoms with Gasteiger partial charge in [-0.25, -0.2) is 0 Å². The Balaban J connectivity index is 1.87. The molecule has 0 fully saturated rings. The second kappa shape index (κ2) is 5.51. The fourth-order valence-corrected chi connectivity index (χ4v) is 2.69. The van der Waals surface area contributed by atoms with Crippen molar-refractivity contribution in [3.05, 3.63) is 54.1 Å². The average Bonchev–Trinajstić information content (AvgIpc) is 2.81. The van der Waals surface area contributed by atoms with E-state index in [0.29, 0.717) is 0 Å². The van der Waals surface area contributed by atoms with Gasteiger partial charge in [-0.05, 0) is 36.1 Å². The highest BCUT2D eigenvalue weighted by Gasteiger charge is 2.28. The van der Waals surface area contributed by atoms with Crippen LogP contribution in [-0.2, 0) is 4.79 Å². The maximum Gasteiger partial charge on any atom is 0.237 e. The van der Waals surface area contributed by atoms with Crippen LogP contribution in [0.2, 0.25) is 0 Å². The molecule has 0 saturated heterocycles. The summed E-state index contributed by atoms with van der Waals surface area (Å²) >= 11 is 1.68. The number of hydrogen-bond acceptors (Lipinski definition) is 3. The Kier molecular flexibility index (Phi) is 3.56. The molecule has 4 heteroatoms. The van der Waals surface area contributed by atoms with E-state index in [1.165, 1.54) is 0 Å². The van der Waals surface area contributed by atoms with Crippen LogP contribution in [-0.4, -0.2) is 18.4 Å². The van der Waals surface area contributed by atoms with E-state index in [0.717, 1.165) is 21.8 Å². The van der Waals surface area contributed by atoms with Crippen molar-refractivity contribution in [1.82, 2.24) is 0 Å². The fourth-order valence-electron chi connectivity index (χ4n) is 2.23. The molecule has 3 nitrogen and oxygen atoms in total. The summed E-state index contributed by atoms with van der Waals surface area (Å²) in [6, 6.07) is 15.7. The Morgan fingerprint density at radius 3 is 2.90 bits per heavy atom. The smallest absolute Gasteiger partial charge is 0.237 e. The number of nitrogens with one attached hydrogen (secondary N) is 1. The van der Waals surface area contributed by atoms with Crippen LogP contribution in [0.5, 0.6) is 0 Å². The van der Waals surface area contributed by atoms with Gasteiger partial charge in [-0.3, -0.25) is 9.79 Å². The standard InChI is InChI=1S/C16H14N2OS/c1-20-12-6-4-5-11(9-12)17-10-14-13-7-2-3-8-15(13)18-16(14)19/h2-10,14H,1H3,(H,18,19). The first-order valence-electron chi connectivity index (χ1n) is 6.36. The Labute approximate surface area is 122 Å². The second-order valence-electron chi connectivity index (χ2n) is 4.53. The van der Waals surface area contributed by atoms with Crippen LogP contribution in [0.1, 0.15) is 11.5 Å². The molecule has 100 valence electrons. The summed E-state index contributed by atoms with van der Waals surface area (Å²) in [4.78, 5) is 17.6. The second-order valence-corrected chi connectivity index (χ2v) is 5.41. The van der Waals surface area contributed by atoms with Crippen molar-refractivity contribution in [2.24, 2.45) is 4.99 Å². The summed E-state index contributed by atoms with van der Waals surface area (Å²) in [6.45, 7) is 0. The van der Waals surface area contributed by atoms with E-state index in [9.17, 15) is 4.79 Å². The van der Waals surface area contributed by atoms with E-state index < -0.39 is 0 Å². The minimum absolute atomic E-state index is 0.0176. The van der Waals surface area contributed by atoms with E-state index in [1.54, 1.807) is 18.0 Å². The number of anilines is 1. The molecule has 1 heterocycles. The number of rotatable bonds is 3. The summed E-state index contributed by atoms with van der Waals surface area (Å²) in [6.07, 6.45) is 3.75. The largest absolute Gasteiger partial charge is 0.325 e. The van der Waals surface area contributed by atoms with Crippen molar-refractivity contribution >= 4 is 35.3 Å². The Bertz CT molecular complexity index is 682. The van der Waals surface area contributed by atoms with Crippen molar-refractivity contribution in [3.63, 3.8) is 0 Å². The van der Waals surface area contributed by atoms with Gasteiger partial charge in [0.2, 0.25) is 5.91 Å². The van der Waals surface area contributed by atoms with Gasteiger partial charge in [0, 0.05) is 16.8 Å². The normalized spacial score (nSPS) is 17.2. The van der Waals surface area contributed by atoms with Gasteiger partial charge in [0.15, 0.2) is 0 Å². The summed E-state index contributed by atoms with van der Waals surface area (Å²) < 4.78 is 0. The number of amides is 1. The Morgan fingerprint density at radius 2 is 2.05 bits per heavy atom. The molecular weight excluding hydrogens is 268 g/mol. The lowest BCUT2D eigenvalue weighted by Crippen LogP contribution is -2.12.